The van der Waals surface area contributed by atoms with Crippen LogP contribution in [0.4, 0.5) is 17.1 Å². The van der Waals surface area contributed by atoms with Crippen molar-refractivity contribution in [3.05, 3.63) is 76.3 Å². The molecule has 7 nitrogen and oxygen atoms in total. The number of rotatable bonds is 7. The van der Waals surface area contributed by atoms with E-state index in [-0.39, 0.29) is 5.56 Å². The van der Waals surface area contributed by atoms with Crippen LogP contribution in [0, 0.1) is 36.5 Å². The number of carbonyl (C=O) groups excluding carboxylic acids is 1. The molecule has 0 fully saturated rings. The second-order valence-electron chi connectivity index (χ2n) is 7.43. The number of ether oxygens (including phenoxy) is 1. The Morgan fingerprint density at radius 2 is 1.78 bits per heavy atom. The van der Waals surface area contributed by atoms with E-state index in [2.05, 4.69) is 17.5 Å². The molecule has 0 atom stereocenters. The van der Waals surface area contributed by atoms with Gasteiger partial charge in [-0.2, -0.15) is 10.5 Å². The van der Waals surface area contributed by atoms with Crippen LogP contribution in [0.3, 0.4) is 0 Å². The summed E-state index contributed by atoms with van der Waals surface area (Å²) in [6.45, 7) is 3.69. The number of nitriles is 2. The molecule has 0 aromatic heterocycles. The Morgan fingerprint density at radius 1 is 1.06 bits per heavy atom. The van der Waals surface area contributed by atoms with Gasteiger partial charge >= 0.3 is 0 Å². The maximum Gasteiger partial charge on any atom is 0.252 e. The van der Waals surface area contributed by atoms with Gasteiger partial charge in [0.15, 0.2) is 0 Å². The molecule has 1 amide bonds. The van der Waals surface area contributed by atoms with Crippen LogP contribution < -0.4 is 21.5 Å². The minimum absolute atomic E-state index is 0.260. The van der Waals surface area contributed by atoms with Crippen LogP contribution in [0.2, 0.25) is 0 Å². The Labute approximate surface area is 186 Å². The second kappa shape index (κ2) is 9.55. The predicted octanol–water partition coefficient (Wildman–Crippen LogP) is 4.85. The zero-order valence-corrected chi connectivity index (χ0v) is 17.9. The van der Waals surface area contributed by atoms with E-state index in [1.54, 1.807) is 42.5 Å². The van der Waals surface area contributed by atoms with Gasteiger partial charge in [-0.05, 0) is 73.4 Å². The van der Waals surface area contributed by atoms with Crippen LogP contribution in [0.1, 0.15) is 39.0 Å². The van der Waals surface area contributed by atoms with Gasteiger partial charge in [0, 0.05) is 18.2 Å². The first-order valence-corrected chi connectivity index (χ1v) is 9.97. The highest BCUT2D eigenvalue weighted by molar-refractivity contribution is 5.96. The van der Waals surface area contributed by atoms with Gasteiger partial charge in [-0.1, -0.05) is 6.07 Å². The van der Waals surface area contributed by atoms with Crippen molar-refractivity contribution < 1.29 is 9.53 Å². The Kier molecular flexibility index (Phi) is 6.62. The molecule has 3 aromatic carbocycles. The lowest BCUT2D eigenvalue weighted by Gasteiger charge is -2.18. The monoisotopic (exact) mass is 425 g/mol. The number of nitrogens with one attached hydrogen (secondary N) is 1. The first kappa shape index (κ1) is 22.2. The van der Waals surface area contributed by atoms with E-state index in [0.717, 1.165) is 22.4 Å². The molecular weight excluding hydrogens is 402 g/mol. The summed E-state index contributed by atoms with van der Waals surface area (Å²) in [7, 11) is 0. The number of nitrogens with zero attached hydrogens (tertiary/aromatic N) is 2. The smallest absolute Gasteiger partial charge is 0.252 e. The molecule has 0 aliphatic heterocycles. The minimum atomic E-state index is -0.606. The third kappa shape index (κ3) is 4.97. The molecule has 0 aliphatic rings. The summed E-state index contributed by atoms with van der Waals surface area (Å²) in [6, 6.07) is 18.3. The fraction of sp³-hybridized carbons (Fsp3) is 0.160. The van der Waals surface area contributed by atoms with Gasteiger partial charge in [0.1, 0.15) is 11.5 Å². The number of anilines is 3. The first-order valence-electron chi connectivity index (χ1n) is 9.97. The van der Waals surface area contributed by atoms with Gasteiger partial charge in [0.05, 0.1) is 34.6 Å². The van der Waals surface area contributed by atoms with E-state index in [4.69, 9.17) is 26.7 Å². The van der Waals surface area contributed by atoms with Gasteiger partial charge in [0.2, 0.25) is 0 Å². The van der Waals surface area contributed by atoms with E-state index in [1.165, 1.54) is 0 Å². The van der Waals surface area contributed by atoms with Gasteiger partial charge in [-0.3, -0.25) is 4.79 Å². The summed E-state index contributed by atoms with van der Waals surface area (Å²) in [5, 5.41) is 21.0. The molecule has 0 spiro atoms. The molecule has 7 heteroatoms. The lowest BCUT2D eigenvalue weighted by Crippen LogP contribution is -2.14. The highest BCUT2D eigenvalue weighted by Gasteiger charge is 2.17. The van der Waals surface area contributed by atoms with Crippen LogP contribution in [0.25, 0.3) is 0 Å². The lowest BCUT2D eigenvalue weighted by atomic mass is 10.0. The number of nitrogens with two attached hydrogens (primary N) is 2. The zero-order valence-electron chi connectivity index (χ0n) is 17.9. The lowest BCUT2D eigenvalue weighted by molar-refractivity contribution is 0.0998. The molecule has 0 heterocycles. The van der Waals surface area contributed by atoms with Crippen molar-refractivity contribution in [2.24, 2.45) is 5.73 Å². The summed E-state index contributed by atoms with van der Waals surface area (Å²) in [6.07, 6.45) is 0.872. The summed E-state index contributed by atoms with van der Waals surface area (Å²) >= 11 is 0. The maximum absolute atomic E-state index is 12.1. The van der Waals surface area contributed by atoms with Gasteiger partial charge < -0.3 is 21.5 Å². The van der Waals surface area contributed by atoms with E-state index in [0.29, 0.717) is 41.3 Å². The molecule has 0 saturated carbocycles. The Morgan fingerprint density at radius 3 is 2.41 bits per heavy atom. The summed E-state index contributed by atoms with van der Waals surface area (Å²) in [4.78, 5) is 12.1. The van der Waals surface area contributed by atoms with Crippen molar-refractivity contribution >= 4 is 23.0 Å². The molecule has 0 radical (unpaired) electrons. The summed E-state index contributed by atoms with van der Waals surface area (Å²) < 4.78 is 6.16. The quantitative estimate of drug-likeness (QED) is 0.463. The van der Waals surface area contributed by atoms with Gasteiger partial charge in [-0.15, -0.1) is 0 Å². The van der Waals surface area contributed by atoms with Crippen LogP contribution in [0.15, 0.2) is 48.5 Å². The average molecular weight is 425 g/mol. The Balaban J connectivity index is 1.96. The van der Waals surface area contributed by atoms with E-state index in [1.807, 2.05) is 19.9 Å². The summed E-state index contributed by atoms with van der Waals surface area (Å²) in [5.74, 6) is 0.284. The van der Waals surface area contributed by atoms with Crippen molar-refractivity contribution in [1.29, 1.82) is 10.5 Å². The zero-order chi connectivity index (χ0) is 23.3. The number of benzene rings is 3. The number of hydrogen-bond acceptors (Lipinski definition) is 6. The van der Waals surface area contributed by atoms with Crippen LogP contribution in [0.5, 0.6) is 11.5 Å². The highest BCUT2D eigenvalue weighted by atomic mass is 16.5. The first-order chi connectivity index (χ1) is 15.3. The van der Waals surface area contributed by atoms with Crippen molar-refractivity contribution in [3.8, 4) is 23.6 Å². The molecule has 160 valence electrons. The Bertz CT molecular complexity index is 1250. The number of hydrogen-bond donors (Lipinski definition) is 3. The van der Waals surface area contributed by atoms with Crippen LogP contribution in [-0.2, 0) is 6.42 Å². The van der Waals surface area contributed by atoms with Crippen molar-refractivity contribution in [2.45, 2.75) is 26.7 Å². The SMILES string of the molecule is Cc1cc(N)c(Nc2ccc(C#N)cc2)cc1Oc1c(C)cc(CCC#N)cc1C(N)=O. The average Bonchev–Trinajstić information content (AvgIpc) is 2.77. The number of carbonyl (C=O) groups is 1. The highest BCUT2D eigenvalue weighted by Crippen LogP contribution is 2.36. The third-order valence-corrected chi connectivity index (χ3v) is 4.98. The van der Waals surface area contributed by atoms with E-state index in [9.17, 15) is 4.79 Å². The Hall–Kier alpha value is -4.49. The van der Waals surface area contributed by atoms with Crippen LogP contribution in [-0.4, -0.2) is 5.91 Å². The largest absolute Gasteiger partial charge is 0.456 e. The van der Waals surface area contributed by atoms with Crippen LogP contribution >= 0.6 is 0 Å². The fourth-order valence-corrected chi connectivity index (χ4v) is 3.33. The van der Waals surface area contributed by atoms with Crippen molar-refractivity contribution in [1.82, 2.24) is 0 Å². The number of amides is 1. The van der Waals surface area contributed by atoms with Gasteiger partial charge in [0.25, 0.3) is 5.91 Å². The number of nitrogen functional groups attached to an aromatic ring is 1. The maximum atomic E-state index is 12.1. The minimum Gasteiger partial charge on any atom is -0.456 e. The second-order valence-corrected chi connectivity index (χ2v) is 7.43. The van der Waals surface area contributed by atoms with E-state index < -0.39 is 5.91 Å². The molecule has 3 aromatic rings. The molecule has 32 heavy (non-hydrogen) atoms. The molecule has 5 N–H and O–H groups in total. The molecule has 0 bridgehead atoms. The van der Waals surface area contributed by atoms with Gasteiger partial charge in [-0.25, -0.2) is 0 Å². The molecule has 0 saturated heterocycles. The molecular formula is C25H23N5O2. The predicted molar refractivity (Wildman–Crippen MR) is 124 cm³/mol. The number of primary amides is 1. The van der Waals surface area contributed by atoms with Crippen molar-refractivity contribution in [2.75, 3.05) is 11.1 Å². The van der Waals surface area contributed by atoms with Crippen molar-refractivity contribution in [3.63, 3.8) is 0 Å². The molecule has 0 aliphatic carbocycles. The summed E-state index contributed by atoms with van der Waals surface area (Å²) in [5.41, 5.74) is 16.9. The standard InChI is InChI=1S/C25H23N5O2/c1-15-11-21(28)22(30-19-7-5-17(14-27)6-8-19)13-23(15)32-24-16(2)10-18(4-3-9-26)12-20(24)25(29)31/h5-8,10-13,30H,3-4,28H2,1-2H3,(H2,29,31). The third-order valence-electron chi connectivity index (χ3n) is 4.98. The molecule has 3 rings (SSSR count). The fourth-order valence-electron chi connectivity index (χ4n) is 3.33. The normalized spacial score (nSPS) is 10.1. The topological polar surface area (TPSA) is 138 Å². The number of aryl methyl sites for hydroxylation is 3. The molecule has 0 unspecified atom stereocenters. The van der Waals surface area contributed by atoms with E-state index >= 15 is 0 Å².